The summed E-state index contributed by atoms with van der Waals surface area (Å²) in [7, 11) is 0. The van der Waals surface area contributed by atoms with E-state index < -0.39 is 0 Å². The lowest BCUT2D eigenvalue weighted by atomic mass is 10.2. The number of benzene rings is 1. The number of H-pyrrole nitrogens is 1. The maximum atomic E-state index is 4.56. The number of rotatable bonds is 2. The van der Waals surface area contributed by atoms with Crippen molar-refractivity contribution in [2.24, 2.45) is 0 Å². The summed E-state index contributed by atoms with van der Waals surface area (Å²) in [5.41, 5.74) is 3.17. The molecule has 0 bridgehead atoms. The molecule has 0 radical (unpaired) electrons. The number of fused-ring (bicyclic) bond motifs is 3. The summed E-state index contributed by atoms with van der Waals surface area (Å²) < 4.78 is 1.07. The standard InChI is InChI=1S/C16H18BrN5/c1-2-21-5-7-22(8-6-21)16-15-14(18-10-19-16)12-9-11(17)3-4-13(12)20-15/h3-4,9-10,20H,2,5-8H2,1H3/p+1. The summed E-state index contributed by atoms with van der Waals surface area (Å²) in [4.78, 5) is 16.6. The number of likely N-dealkylation sites (N-methyl/N-ethyl adjacent to an activating group) is 1. The fraction of sp³-hybridized carbons (Fsp3) is 0.375. The summed E-state index contributed by atoms with van der Waals surface area (Å²) in [5, 5.41) is 1.14. The third-order valence-corrected chi connectivity index (χ3v) is 5.09. The summed E-state index contributed by atoms with van der Waals surface area (Å²) in [6.07, 6.45) is 1.69. The molecular formula is C16H19BrN5+. The topological polar surface area (TPSA) is 49.2 Å². The average molecular weight is 361 g/mol. The lowest BCUT2D eigenvalue weighted by molar-refractivity contribution is -0.898. The molecule has 22 heavy (non-hydrogen) atoms. The van der Waals surface area contributed by atoms with Crippen molar-refractivity contribution in [2.75, 3.05) is 37.6 Å². The first-order chi connectivity index (χ1) is 10.8. The van der Waals surface area contributed by atoms with Crippen molar-refractivity contribution in [3.63, 3.8) is 0 Å². The second-order valence-electron chi connectivity index (χ2n) is 5.83. The van der Waals surface area contributed by atoms with Crippen LogP contribution in [0, 0.1) is 0 Å². The van der Waals surface area contributed by atoms with E-state index in [2.05, 4.69) is 54.8 Å². The van der Waals surface area contributed by atoms with Gasteiger partial charge in [0, 0.05) is 15.4 Å². The van der Waals surface area contributed by atoms with E-state index in [9.17, 15) is 0 Å². The second-order valence-corrected chi connectivity index (χ2v) is 6.74. The molecule has 1 aliphatic rings. The Labute approximate surface area is 137 Å². The van der Waals surface area contributed by atoms with E-state index in [0.717, 1.165) is 45.3 Å². The number of hydrogen-bond donors (Lipinski definition) is 2. The van der Waals surface area contributed by atoms with Crippen LogP contribution < -0.4 is 9.80 Å². The number of anilines is 1. The Morgan fingerprint density at radius 1 is 1.27 bits per heavy atom. The molecule has 5 nitrogen and oxygen atoms in total. The first kappa shape index (κ1) is 14.0. The van der Waals surface area contributed by atoms with Gasteiger partial charge in [-0.3, -0.25) is 0 Å². The Morgan fingerprint density at radius 2 is 2.09 bits per heavy atom. The minimum atomic E-state index is 1.01. The van der Waals surface area contributed by atoms with Crippen molar-refractivity contribution >= 4 is 43.7 Å². The fourth-order valence-corrected chi connectivity index (χ4v) is 3.64. The summed E-state index contributed by atoms with van der Waals surface area (Å²) in [5.74, 6) is 1.03. The van der Waals surface area contributed by atoms with Gasteiger partial charge in [0.15, 0.2) is 5.82 Å². The monoisotopic (exact) mass is 360 g/mol. The van der Waals surface area contributed by atoms with E-state index in [1.165, 1.54) is 19.6 Å². The van der Waals surface area contributed by atoms with Crippen LogP contribution in [0.25, 0.3) is 21.9 Å². The Bertz CT molecular complexity index is 820. The molecule has 6 heteroatoms. The zero-order valence-electron chi connectivity index (χ0n) is 12.6. The van der Waals surface area contributed by atoms with Crippen LogP contribution >= 0.6 is 15.9 Å². The predicted molar refractivity (Wildman–Crippen MR) is 92.5 cm³/mol. The molecule has 2 aromatic heterocycles. The van der Waals surface area contributed by atoms with Gasteiger partial charge in [-0.2, -0.15) is 0 Å². The number of aromatic nitrogens is 3. The van der Waals surface area contributed by atoms with Gasteiger partial charge >= 0.3 is 0 Å². The first-order valence-electron chi connectivity index (χ1n) is 7.76. The molecule has 2 N–H and O–H groups in total. The van der Waals surface area contributed by atoms with Gasteiger partial charge in [0.1, 0.15) is 17.4 Å². The second kappa shape index (κ2) is 5.52. The lowest BCUT2D eigenvalue weighted by Crippen LogP contribution is -3.14. The molecule has 0 saturated carbocycles. The molecule has 3 aromatic rings. The van der Waals surface area contributed by atoms with Crippen LogP contribution in [0.3, 0.4) is 0 Å². The molecule has 1 aliphatic heterocycles. The number of hydrogen-bond acceptors (Lipinski definition) is 3. The number of aromatic amines is 1. The highest BCUT2D eigenvalue weighted by Gasteiger charge is 2.22. The van der Waals surface area contributed by atoms with E-state index in [1.54, 1.807) is 11.2 Å². The number of quaternary nitrogens is 1. The van der Waals surface area contributed by atoms with Crippen LogP contribution in [0.5, 0.6) is 0 Å². The molecule has 1 aromatic carbocycles. The van der Waals surface area contributed by atoms with Gasteiger partial charge in [0.25, 0.3) is 0 Å². The first-order valence-corrected chi connectivity index (χ1v) is 8.56. The van der Waals surface area contributed by atoms with Gasteiger partial charge in [-0.05, 0) is 25.1 Å². The van der Waals surface area contributed by atoms with Crippen LogP contribution in [0.2, 0.25) is 0 Å². The SMILES string of the molecule is CC[NH+]1CCN(c2ncnc3c2[nH]c2ccc(Br)cc23)CC1. The molecule has 1 fully saturated rings. The van der Waals surface area contributed by atoms with Crippen molar-refractivity contribution in [1.82, 2.24) is 15.0 Å². The highest BCUT2D eigenvalue weighted by atomic mass is 79.9. The van der Waals surface area contributed by atoms with Crippen molar-refractivity contribution in [1.29, 1.82) is 0 Å². The number of halogens is 1. The van der Waals surface area contributed by atoms with Gasteiger partial charge in [0.05, 0.1) is 32.7 Å². The van der Waals surface area contributed by atoms with Crippen molar-refractivity contribution in [3.05, 3.63) is 29.0 Å². The smallest absolute Gasteiger partial charge is 0.156 e. The van der Waals surface area contributed by atoms with Crippen LogP contribution in [0.4, 0.5) is 5.82 Å². The van der Waals surface area contributed by atoms with Crippen LogP contribution in [-0.2, 0) is 0 Å². The Morgan fingerprint density at radius 3 is 2.86 bits per heavy atom. The number of nitrogens with zero attached hydrogens (tertiary/aromatic N) is 3. The molecule has 114 valence electrons. The molecule has 0 aliphatic carbocycles. The molecule has 3 heterocycles. The summed E-state index contributed by atoms with van der Waals surface area (Å²) in [6.45, 7) is 7.90. The molecule has 0 atom stereocenters. The van der Waals surface area contributed by atoms with E-state index in [0.29, 0.717) is 0 Å². The van der Waals surface area contributed by atoms with Gasteiger partial charge in [0.2, 0.25) is 0 Å². The van der Waals surface area contributed by atoms with Gasteiger partial charge in [-0.15, -0.1) is 0 Å². The number of nitrogens with one attached hydrogen (secondary N) is 2. The minimum absolute atomic E-state index is 1.01. The lowest BCUT2D eigenvalue weighted by Gasteiger charge is -2.32. The zero-order valence-corrected chi connectivity index (χ0v) is 14.2. The number of piperazine rings is 1. The van der Waals surface area contributed by atoms with E-state index >= 15 is 0 Å². The van der Waals surface area contributed by atoms with Crippen molar-refractivity contribution < 1.29 is 4.90 Å². The third-order valence-electron chi connectivity index (χ3n) is 4.59. The highest BCUT2D eigenvalue weighted by Crippen LogP contribution is 2.30. The van der Waals surface area contributed by atoms with E-state index in [1.807, 2.05) is 6.07 Å². The van der Waals surface area contributed by atoms with Gasteiger partial charge in [-0.1, -0.05) is 15.9 Å². The molecule has 1 saturated heterocycles. The summed E-state index contributed by atoms with van der Waals surface area (Å²) >= 11 is 3.54. The molecule has 0 unspecified atom stereocenters. The molecule has 4 rings (SSSR count). The normalized spacial score (nSPS) is 16.7. The Balaban J connectivity index is 1.80. The van der Waals surface area contributed by atoms with Crippen LogP contribution in [-0.4, -0.2) is 47.7 Å². The van der Waals surface area contributed by atoms with Crippen molar-refractivity contribution in [3.8, 4) is 0 Å². The van der Waals surface area contributed by atoms with Crippen LogP contribution in [0.1, 0.15) is 6.92 Å². The molecular weight excluding hydrogens is 342 g/mol. The van der Waals surface area contributed by atoms with Crippen molar-refractivity contribution in [2.45, 2.75) is 6.92 Å². The summed E-state index contributed by atoms with van der Waals surface area (Å²) in [6, 6.07) is 6.25. The molecule has 0 amide bonds. The Hall–Kier alpha value is -1.66. The average Bonchev–Trinajstić information content (AvgIpc) is 2.93. The Kier molecular flexibility index (Phi) is 3.50. The van der Waals surface area contributed by atoms with E-state index in [4.69, 9.17) is 0 Å². The van der Waals surface area contributed by atoms with Gasteiger partial charge in [-0.25, -0.2) is 9.97 Å². The minimum Gasteiger partial charge on any atom is -0.350 e. The maximum Gasteiger partial charge on any atom is 0.156 e. The fourth-order valence-electron chi connectivity index (χ4n) is 3.28. The molecule has 0 spiro atoms. The third kappa shape index (κ3) is 2.27. The zero-order chi connectivity index (χ0) is 15.1. The largest absolute Gasteiger partial charge is 0.350 e. The van der Waals surface area contributed by atoms with Gasteiger partial charge < -0.3 is 14.8 Å². The van der Waals surface area contributed by atoms with E-state index in [-0.39, 0.29) is 0 Å². The quantitative estimate of drug-likeness (QED) is 0.729. The maximum absolute atomic E-state index is 4.56. The van der Waals surface area contributed by atoms with Crippen LogP contribution in [0.15, 0.2) is 29.0 Å². The highest BCUT2D eigenvalue weighted by molar-refractivity contribution is 9.10. The predicted octanol–water partition coefficient (Wildman–Crippen LogP) is 1.60.